The number of nitrogens with zero attached hydrogens (tertiary/aromatic N) is 2. The van der Waals surface area contributed by atoms with Crippen molar-refractivity contribution in [3.63, 3.8) is 0 Å². The van der Waals surface area contributed by atoms with Gasteiger partial charge in [0.05, 0.1) is 12.5 Å². The third-order valence-electron chi connectivity index (χ3n) is 4.35. The van der Waals surface area contributed by atoms with Crippen molar-refractivity contribution in [1.29, 1.82) is 0 Å². The second-order valence-corrected chi connectivity index (χ2v) is 8.81. The summed E-state index contributed by atoms with van der Waals surface area (Å²) in [5, 5.41) is 2.54. The van der Waals surface area contributed by atoms with Crippen LogP contribution in [0.2, 0.25) is 0 Å². The molecule has 1 aromatic rings. The highest BCUT2D eigenvalue weighted by molar-refractivity contribution is 7.88. The molecule has 11 heteroatoms. The standard InChI is InChI=1S/C17H25N3O7S/c1-12(2)15(18-16(22)13-5-4-10-26-13)17(23)27-11-14(21)19-6-8-20(9-7-19)28(3,24)25/h4-5,10,12,15H,6-9,11H2,1-3H3,(H,18,22)/t15-/m0/s1. The predicted octanol–water partition coefficient (Wildman–Crippen LogP) is -0.319. The third-order valence-corrected chi connectivity index (χ3v) is 5.65. The van der Waals surface area contributed by atoms with Gasteiger partial charge in [-0.25, -0.2) is 13.2 Å². The SMILES string of the molecule is CC(C)[C@H](NC(=O)c1ccco1)C(=O)OCC(=O)N1CCN(S(C)(=O)=O)CC1. The largest absolute Gasteiger partial charge is 0.459 e. The molecule has 10 nitrogen and oxygen atoms in total. The predicted molar refractivity (Wildman–Crippen MR) is 98.8 cm³/mol. The zero-order valence-electron chi connectivity index (χ0n) is 16.1. The summed E-state index contributed by atoms with van der Waals surface area (Å²) in [4.78, 5) is 38.1. The second kappa shape index (κ2) is 9.20. The Kier molecular flexibility index (Phi) is 7.19. The Balaban J connectivity index is 1.85. The maximum atomic E-state index is 12.3. The van der Waals surface area contributed by atoms with Gasteiger partial charge in [0, 0.05) is 26.2 Å². The van der Waals surface area contributed by atoms with E-state index in [1.54, 1.807) is 19.9 Å². The number of nitrogens with one attached hydrogen (secondary N) is 1. The minimum absolute atomic E-state index is 0.0678. The van der Waals surface area contributed by atoms with E-state index in [4.69, 9.17) is 9.15 Å². The quantitative estimate of drug-likeness (QED) is 0.605. The number of ether oxygens (including phenoxy) is 1. The van der Waals surface area contributed by atoms with Crippen LogP contribution in [0.5, 0.6) is 0 Å². The van der Waals surface area contributed by atoms with E-state index in [1.807, 2.05) is 0 Å². The lowest BCUT2D eigenvalue weighted by Crippen LogP contribution is -2.51. The van der Waals surface area contributed by atoms with E-state index in [0.29, 0.717) is 0 Å². The molecule has 0 aromatic carbocycles. The highest BCUT2D eigenvalue weighted by atomic mass is 32.2. The molecule has 0 aliphatic carbocycles. The second-order valence-electron chi connectivity index (χ2n) is 6.82. The highest BCUT2D eigenvalue weighted by Crippen LogP contribution is 2.09. The van der Waals surface area contributed by atoms with Gasteiger partial charge in [-0.2, -0.15) is 4.31 Å². The molecule has 0 bridgehead atoms. The van der Waals surface area contributed by atoms with Crippen LogP contribution < -0.4 is 5.32 Å². The van der Waals surface area contributed by atoms with Crippen molar-refractivity contribution in [2.24, 2.45) is 5.92 Å². The molecule has 1 fully saturated rings. The Morgan fingerprint density at radius 1 is 1.21 bits per heavy atom. The van der Waals surface area contributed by atoms with Gasteiger partial charge in [0.2, 0.25) is 10.0 Å². The summed E-state index contributed by atoms with van der Waals surface area (Å²) in [6.07, 6.45) is 2.47. The lowest BCUT2D eigenvalue weighted by Gasteiger charge is -2.33. The Bertz CT molecular complexity index is 797. The number of hydrogen-bond donors (Lipinski definition) is 1. The molecule has 156 valence electrons. The smallest absolute Gasteiger partial charge is 0.329 e. The lowest BCUT2D eigenvalue weighted by molar-refractivity contribution is -0.154. The van der Waals surface area contributed by atoms with Crippen molar-refractivity contribution in [3.8, 4) is 0 Å². The number of rotatable bonds is 7. The topological polar surface area (TPSA) is 126 Å². The van der Waals surface area contributed by atoms with Crippen LogP contribution in [0, 0.1) is 5.92 Å². The van der Waals surface area contributed by atoms with Crippen LogP contribution in [0.1, 0.15) is 24.4 Å². The molecule has 2 heterocycles. The van der Waals surface area contributed by atoms with E-state index in [2.05, 4.69) is 5.32 Å². The summed E-state index contributed by atoms with van der Waals surface area (Å²) in [6.45, 7) is 3.86. The van der Waals surface area contributed by atoms with Crippen LogP contribution in [0.15, 0.2) is 22.8 Å². The van der Waals surface area contributed by atoms with Gasteiger partial charge in [0.25, 0.3) is 11.8 Å². The molecule has 1 atom stereocenters. The van der Waals surface area contributed by atoms with Crippen molar-refractivity contribution in [1.82, 2.24) is 14.5 Å². The van der Waals surface area contributed by atoms with Crippen LogP contribution in [0.4, 0.5) is 0 Å². The number of carbonyl (C=O) groups excluding carboxylic acids is 3. The normalized spacial score (nSPS) is 16.6. The Hall–Kier alpha value is -2.40. The summed E-state index contributed by atoms with van der Waals surface area (Å²) < 4.78 is 34.4. The third kappa shape index (κ3) is 5.80. The first-order valence-electron chi connectivity index (χ1n) is 8.83. The summed E-state index contributed by atoms with van der Waals surface area (Å²) in [7, 11) is -3.29. The molecule has 0 saturated carbocycles. The van der Waals surface area contributed by atoms with Gasteiger partial charge in [0.1, 0.15) is 6.04 Å². The fraction of sp³-hybridized carbons (Fsp3) is 0.588. The van der Waals surface area contributed by atoms with Crippen LogP contribution in [-0.4, -0.2) is 80.5 Å². The number of piperazine rings is 1. The van der Waals surface area contributed by atoms with Gasteiger partial charge >= 0.3 is 5.97 Å². The van der Waals surface area contributed by atoms with Crippen molar-refractivity contribution < 1.29 is 32.0 Å². The summed E-state index contributed by atoms with van der Waals surface area (Å²) >= 11 is 0. The van der Waals surface area contributed by atoms with Gasteiger partial charge in [-0.05, 0) is 18.1 Å². The fourth-order valence-corrected chi connectivity index (χ4v) is 3.53. The molecule has 1 aromatic heterocycles. The molecule has 2 amide bonds. The Morgan fingerprint density at radius 2 is 1.86 bits per heavy atom. The number of sulfonamides is 1. The number of esters is 1. The van der Waals surface area contributed by atoms with E-state index in [1.165, 1.54) is 21.5 Å². The number of carbonyl (C=O) groups is 3. The van der Waals surface area contributed by atoms with Gasteiger partial charge in [-0.3, -0.25) is 9.59 Å². The molecule has 28 heavy (non-hydrogen) atoms. The first-order chi connectivity index (χ1) is 13.1. The zero-order chi connectivity index (χ0) is 20.9. The van der Waals surface area contributed by atoms with Gasteiger partial charge in [0.15, 0.2) is 12.4 Å². The Morgan fingerprint density at radius 3 is 2.36 bits per heavy atom. The molecular formula is C17H25N3O7S. The van der Waals surface area contributed by atoms with Crippen molar-refractivity contribution in [3.05, 3.63) is 24.2 Å². The Labute approximate surface area is 163 Å². The van der Waals surface area contributed by atoms with E-state index in [0.717, 1.165) is 6.26 Å². The van der Waals surface area contributed by atoms with E-state index in [9.17, 15) is 22.8 Å². The summed E-state index contributed by atoms with van der Waals surface area (Å²) in [6, 6.07) is 2.09. The molecule has 0 spiro atoms. The molecule has 2 rings (SSSR count). The van der Waals surface area contributed by atoms with E-state index in [-0.39, 0.29) is 37.9 Å². The van der Waals surface area contributed by atoms with Gasteiger partial charge in [-0.15, -0.1) is 0 Å². The van der Waals surface area contributed by atoms with Crippen LogP contribution in [-0.2, 0) is 24.3 Å². The van der Waals surface area contributed by atoms with Gasteiger partial charge < -0.3 is 19.4 Å². The molecule has 1 aliphatic heterocycles. The minimum Gasteiger partial charge on any atom is -0.459 e. The molecular weight excluding hydrogens is 390 g/mol. The van der Waals surface area contributed by atoms with Gasteiger partial charge in [-0.1, -0.05) is 13.8 Å². The van der Waals surface area contributed by atoms with Crippen LogP contribution >= 0.6 is 0 Å². The summed E-state index contributed by atoms with van der Waals surface area (Å²) in [5.74, 6) is -1.89. The molecule has 1 aliphatic rings. The lowest BCUT2D eigenvalue weighted by atomic mass is 10.0. The molecule has 1 saturated heterocycles. The number of furan rings is 1. The minimum atomic E-state index is -3.29. The highest BCUT2D eigenvalue weighted by Gasteiger charge is 2.30. The maximum absolute atomic E-state index is 12.3. The first kappa shape index (κ1) is 21.9. The average Bonchev–Trinajstić information content (AvgIpc) is 3.17. The monoisotopic (exact) mass is 415 g/mol. The van der Waals surface area contributed by atoms with Crippen molar-refractivity contribution in [2.45, 2.75) is 19.9 Å². The fourth-order valence-electron chi connectivity index (χ4n) is 2.70. The molecule has 0 radical (unpaired) electrons. The average molecular weight is 415 g/mol. The number of hydrogen-bond acceptors (Lipinski definition) is 7. The van der Waals surface area contributed by atoms with Crippen LogP contribution in [0.3, 0.4) is 0 Å². The van der Waals surface area contributed by atoms with Crippen LogP contribution in [0.25, 0.3) is 0 Å². The van der Waals surface area contributed by atoms with Crippen molar-refractivity contribution >= 4 is 27.8 Å². The maximum Gasteiger partial charge on any atom is 0.329 e. The first-order valence-corrected chi connectivity index (χ1v) is 10.7. The van der Waals surface area contributed by atoms with Crippen molar-refractivity contribution in [2.75, 3.05) is 39.0 Å². The van der Waals surface area contributed by atoms with E-state index >= 15 is 0 Å². The number of amides is 2. The molecule has 1 N–H and O–H groups in total. The molecule has 0 unspecified atom stereocenters. The van der Waals surface area contributed by atoms with E-state index < -0.39 is 40.5 Å². The zero-order valence-corrected chi connectivity index (χ0v) is 16.9. The summed E-state index contributed by atoms with van der Waals surface area (Å²) in [5.41, 5.74) is 0.